The number of halogens is 3. The lowest BCUT2D eigenvalue weighted by atomic mass is 10.0. The molecular formula is C21H19Cl3N2OS. The zero-order valence-corrected chi connectivity index (χ0v) is 18.5. The Bertz CT molecular complexity index is 972. The number of nitrogens with zero attached hydrogens (tertiary/aromatic N) is 1. The van der Waals surface area contributed by atoms with Gasteiger partial charge < -0.3 is 10.2 Å². The van der Waals surface area contributed by atoms with Gasteiger partial charge in [-0.3, -0.25) is 4.79 Å². The zero-order chi connectivity index (χ0) is 20.3. The van der Waals surface area contributed by atoms with Gasteiger partial charge in [0.2, 0.25) is 5.91 Å². The Morgan fingerprint density at radius 2 is 1.79 bits per heavy atom. The summed E-state index contributed by atoms with van der Waals surface area (Å²) in [5.74, 6) is -0.446. The van der Waals surface area contributed by atoms with Gasteiger partial charge in [-0.15, -0.1) is 11.3 Å². The molecule has 1 aromatic heterocycles. The van der Waals surface area contributed by atoms with E-state index in [4.69, 9.17) is 34.8 Å². The average molecular weight is 454 g/mol. The van der Waals surface area contributed by atoms with E-state index in [0.29, 0.717) is 15.7 Å². The summed E-state index contributed by atoms with van der Waals surface area (Å²) in [6.45, 7) is 2.58. The van der Waals surface area contributed by atoms with Crippen molar-refractivity contribution in [3.8, 4) is 0 Å². The van der Waals surface area contributed by atoms with Crippen LogP contribution in [0.25, 0.3) is 0 Å². The molecule has 2 aromatic carbocycles. The van der Waals surface area contributed by atoms with Crippen molar-refractivity contribution in [2.75, 3.05) is 17.3 Å². The Balaban J connectivity index is 1.67. The molecule has 3 nitrogen and oxygen atoms in total. The van der Waals surface area contributed by atoms with Gasteiger partial charge in [-0.25, -0.2) is 0 Å². The van der Waals surface area contributed by atoms with Crippen molar-refractivity contribution in [2.45, 2.75) is 19.4 Å². The topological polar surface area (TPSA) is 32.3 Å². The predicted molar refractivity (Wildman–Crippen MR) is 121 cm³/mol. The maximum Gasteiger partial charge on any atom is 0.231 e. The van der Waals surface area contributed by atoms with Gasteiger partial charge in [-0.1, -0.05) is 46.9 Å². The van der Waals surface area contributed by atoms with Gasteiger partial charge in [0, 0.05) is 22.6 Å². The van der Waals surface area contributed by atoms with Crippen molar-refractivity contribution in [3.05, 3.63) is 79.4 Å². The lowest BCUT2D eigenvalue weighted by molar-refractivity contribution is -0.117. The number of carbonyl (C=O) groups excluding carboxylic acids is 1. The molecule has 1 unspecified atom stereocenters. The highest BCUT2D eigenvalue weighted by atomic mass is 35.5. The number of benzene rings is 2. The monoisotopic (exact) mass is 452 g/mol. The summed E-state index contributed by atoms with van der Waals surface area (Å²) >= 11 is 19.9. The molecule has 0 aliphatic rings. The highest BCUT2D eigenvalue weighted by Gasteiger charge is 2.17. The van der Waals surface area contributed by atoms with Crippen molar-refractivity contribution >= 4 is 63.4 Å². The van der Waals surface area contributed by atoms with E-state index in [0.717, 1.165) is 27.0 Å². The number of carbonyl (C=O) groups is 1. The van der Waals surface area contributed by atoms with Crippen LogP contribution in [0.4, 0.5) is 11.4 Å². The largest absolute Gasteiger partial charge is 0.369 e. The molecule has 0 bridgehead atoms. The van der Waals surface area contributed by atoms with Gasteiger partial charge in [-0.2, -0.15) is 0 Å². The molecule has 3 rings (SSSR count). The normalized spacial score (nSPS) is 11.9. The van der Waals surface area contributed by atoms with Crippen molar-refractivity contribution in [2.24, 2.45) is 0 Å². The molecule has 1 atom stereocenters. The highest BCUT2D eigenvalue weighted by molar-refractivity contribution is 7.16. The van der Waals surface area contributed by atoms with E-state index in [1.165, 1.54) is 0 Å². The third kappa shape index (κ3) is 5.21. The number of hydrogen-bond donors (Lipinski definition) is 1. The second kappa shape index (κ2) is 9.19. The Labute approximate surface area is 183 Å². The fourth-order valence-electron chi connectivity index (χ4n) is 2.75. The number of amides is 1. The zero-order valence-electron chi connectivity index (χ0n) is 15.4. The lowest BCUT2D eigenvalue weighted by Crippen LogP contribution is -2.19. The number of thiophene rings is 1. The van der Waals surface area contributed by atoms with Gasteiger partial charge in [0.05, 0.1) is 27.5 Å². The van der Waals surface area contributed by atoms with Crippen LogP contribution in [-0.4, -0.2) is 13.0 Å². The quantitative estimate of drug-likeness (QED) is 0.432. The minimum Gasteiger partial charge on any atom is -0.369 e. The SMILES string of the molecule is CC(C(=O)Nc1ccc(N(C)Cc2ccc(Cl)s2)cc1Cl)c1ccc(Cl)cc1. The molecule has 0 aliphatic heterocycles. The molecule has 1 N–H and O–H groups in total. The standard InChI is InChI=1S/C21H19Cl3N2OS/c1-13(14-3-5-15(22)6-4-14)21(27)25-19-9-7-16(11-18(19)23)26(2)12-17-8-10-20(24)28-17/h3-11,13H,12H2,1-2H3,(H,25,27). The van der Waals surface area contributed by atoms with E-state index >= 15 is 0 Å². The molecule has 0 radical (unpaired) electrons. The average Bonchev–Trinajstić information content (AvgIpc) is 3.08. The Morgan fingerprint density at radius 1 is 1.07 bits per heavy atom. The van der Waals surface area contributed by atoms with Gasteiger partial charge >= 0.3 is 0 Å². The smallest absolute Gasteiger partial charge is 0.231 e. The van der Waals surface area contributed by atoms with Crippen molar-refractivity contribution < 1.29 is 4.79 Å². The lowest BCUT2D eigenvalue weighted by Gasteiger charge is -2.20. The third-order valence-corrected chi connectivity index (χ3v) is 6.22. The summed E-state index contributed by atoms with van der Waals surface area (Å²) in [4.78, 5) is 15.8. The van der Waals surface area contributed by atoms with E-state index in [-0.39, 0.29) is 11.8 Å². The van der Waals surface area contributed by atoms with Crippen molar-refractivity contribution in [1.29, 1.82) is 0 Å². The van der Waals surface area contributed by atoms with Crippen LogP contribution in [0.2, 0.25) is 14.4 Å². The maximum absolute atomic E-state index is 12.6. The molecule has 7 heteroatoms. The first-order chi connectivity index (χ1) is 13.3. The third-order valence-electron chi connectivity index (χ3n) is 4.44. The van der Waals surface area contributed by atoms with E-state index < -0.39 is 0 Å². The van der Waals surface area contributed by atoms with Crippen LogP contribution < -0.4 is 10.2 Å². The molecular weight excluding hydrogens is 435 g/mol. The number of rotatable bonds is 6. The Morgan fingerprint density at radius 3 is 2.39 bits per heavy atom. The van der Waals surface area contributed by atoms with Crippen LogP contribution in [0.15, 0.2) is 54.6 Å². The van der Waals surface area contributed by atoms with E-state index in [9.17, 15) is 4.79 Å². The molecule has 1 heterocycles. The van der Waals surface area contributed by atoms with E-state index in [2.05, 4.69) is 10.2 Å². The van der Waals surface area contributed by atoms with Crippen LogP contribution in [0.3, 0.4) is 0 Å². The van der Waals surface area contributed by atoms with Crippen LogP contribution in [0.1, 0.15) is 23.3 Å². The first-order valence-corrected chi connectivity index (χ1v) is 10.6. The van der Waals surface area contributed by atoms with Gasteiger partial charge in [0.15, 0.2) is 0 Å². The summed E-state index contributed by atoms with van der Waals surface area (Å²) in [6, 6.07) is 16.8. The van der Waals surface area contributed by atoms with Crippen LogP contribution in [0, 0.1) is 0 Å². The summed E-state index contributed by atoms with van der Waals surface area (Å²) in [6.07, 6.45) is 0. The molecule has 0 fully saturated rings. The first kappa shape index (κ1) is 21.0. The second-order valence-electron chi connectivity index (χ2n) is 6.49. The summed E-state index contributed by atoms with van der Waals surface area (Å²) in [5.41, 5.74) is 2.44. The molecule has 0 spiro atoms. The van der Waals surface area contributed by atoms with Crippen LogP contribution >= 0.6 is 46.1 Å². The second-order valence-corrected chi connectivity index (χ2v) is 9.13. The minimum atomic E-state index is -0.320. The summed E-state index contributed by atoms with van der Waals surface area (Å²) in [7, 11) is 1.99. The van der Waals surface area contributed by atoms with E-state index in [1.807, 2.05) is 56.4 Å². The molecule has 3 aromatic rings. The van der Waals surface area contributed by atoms with Gasteiger partial charge in [0.25, 0.3) is 0 Å². The minimum absolute atomic E-state index is 0.126. The Hall–Kier alpha value is -1.72. The first-order valence-electron chi connectivity index (χ1n) is 8.64. The Kier molecular flexibility index (Phi) is 6.89. The van der Waals surface area contributed by atoms with Crippen LogP contribution in [-0.2, 0) is 11.3 Å². The highest BCUT2D eigenvalue weighted by Crippen LogP contribution is 2.30. The van der Waals surface area contributed by atoms with Crippen LogP contribution in [0.5, 0.6) is 0 Å². The number of anilines is 2. The number of hydrogen-bond acceptors (Lipinski definition) is 3. The molecule has 0 aliphatic carbocycles. The molecule has 28 heavy (non-hydrogen) atoms. The molecule has 0 saturated heterocycles. The fourth-order valence-corrected chi connectivity index (χ4v) is 4.24. The van der Waals surface area contributed by atoms with Crippen molar-refractivity contribution in [3.63, 3.8) is 0 Å². The van der Waals surface area contributed by atoms with Gasteiger partial charge in [-0.05, 0) is 55.0 Å². The fraction of sp³-hybridized carbons (Fsp3) is 0.190. The summed E-state index contributed by atoms with van der Waals surface area (Å²) in [5, 5.41) is 4.04. The molecule has 0 saturated carbocycles. The molecule has 1 amide bonds. The van der Waals surface area contributed by atoms with E-state index in [1.54, 1.807) is 23.5 Å². The van der Waals surface area contributed by atoms with Crippen molar-refractivity contribution in [1.82, 2.24) is 0 Å². The maximum atomic E-state index is 12.6. The predicted octanol–water partition coefficient (Wildman–Crippen LogP) is 7.09. The summed E-state index contributed by atoms with van der Waals surface area (Å²) < 4.78 is 0.772. The number of nitrogens with one attached hydrogen (secondary N) is 1. The molecule has 146 valence electrons. The van der Waals surface area contributed by atoms with Gasteiger partial charge in [0.1, 0.15) is 0 Å².